The van der Waals surface area contributed by atoms with Gasteiger partial charge in [0.15, 0.2) is 6.61 Å². The Hall–Kier alpha value is -2.46. The van der Waals surface area contributed by atoms with E-state index >= 15 is 0 Å². The number of aromatic amines is 1. The Labute approximate surface area is 145 Å². The summed E-state index contributed by atoms with van der Waals surface area (Å²) in [5.74, 6) is 0.490. The normalized spacial score (nSPS) is 10.8. The maximum absolute atomic E-state index is 11.9. The number of para-hydroxylation sites is 1. The highest BCUT2D eigenvalue weighted by Crippen LogP contribution is 2.21. The fraction of sp³-hybridized carbons (Fsp3) is 0.211. The van der Waals surface area contributed by atoms with E-state index in [9.17, 15) is 4.79 Å². The summed E-state index contributed by atoms with van der Waals surface area (Å²) in [6, 6.07) is 15.1. The van der Waals surface area contributed by atoms with Gasteiger partial charge in [-0.25, -0.2) is 0 Å². The van der Waals surface area contributed by atoms with Gasteiger partial charge in [-0.05, 0) is 49.2 Å². The Morgan fingerprint density at radius 3 is 2.71 bits per heavy atom. The van der Waals surface area contributed by atoms with E-state index in [1.54, 1.807) is 24.3 Å². The molecule has 24 heavy (non-hydrogen) atoms. The number of carbonyl (C=O) groups excluding carboxylic acids is 1. The SMILES string of the molecule is Cc1[nH]c2ccccc2c1CCNC(=O)COc1ccc(Cl)cc1. The molecule has 0 saturated carbocycles. The molecule has 0 bridgehead atoms. The van der Waals surface area contributed by atoms with Crippen LogP contribution in [0.25, 0.3) is 10.9 Å². The molecular weight excluding hydrogens is 324 g/mol. The van der Waals surface area contributed by atoms with Crippen molar-refractivity contribution >= 4 is 28.4 Å². The van der Waals surface area contributed by atoms with E-state index in [2.05, 4.69) is 29.4 Å². The molecule has 4 nitrogen and oxygen atoms in total. The summed E-state index contributed by atoms with van der Waals surface area (Å²) in [5, 5.41) is 4.74. The van der Waals surface area contributed by atoms with Crippen LogP contribution in [0, 0.1) is 6.92 Å². The number of halogens is 1. The lowest BCUT2D eigenvalue weighted by molar-refractivity contribution is -0.123. The number of amides is 1. The lowest BCUT2D eigenvalue weighted by Gasteiger charge is -2.08. The minimum Gasteiger partial charge on any atom is -0.484 e. The summed E-state index contributed by atoms with van der Waals surface area (Å²) < 4.78 is 5.43. The fourth-order valence-corrected chi connectivity index (χ4v) is 2.84. The van der Waals surface area contributed by atoms with Gasteiger partial charge in [-0.3, -0.25) is 4.79 Å². The summed E-state index contributed by atoms with van der Waals surface area (Å²) in [6.45, 7) is 2.63. The van der Waals surface area contributed by atoms with Crippen LogP contribution in [0.1, 0.15) is 11.3 Å². The molecule has 2 aromatic carbocycles. The highest BCUT2D eigenvalue weighted by molar-refractivity contribution is 6.30. The fourth-order valence-electron chi connectivity index (χ4n) is 2.71. The smallest absolute Gasteiger partial charge is 0.257 e. The van der Waals surface area contributed by atoms with Crippen molar-refractivity contribution in [2.45, 2.75) is 13.3 Å². The van der Waals surface area contributed by atoms with E-state index in [0.717, 1.165) is 17.6 Å². The van der Waals surface area contributed by atoms with Gasteiger partial charge in [0.1, 0.15) is 5.75 Å². The predicted molar refractivity (Wildman–Crippen MR) is 96.7 cm³/mol. The molecule has 1 heterocycles. The number of rotatable bonds is 6. The first-order chi connectivity index (χ1) is 11.6. The second kappa shape index (κ2) is 7.41. The number of ether oxygens (including phenoxy) is 1. The minimum absolute atomic E-state index is 0.00546. The zero-order valence-electron chi connectivity index (χ0n) is 13.4. The predicted octanol–water partition coefficient (Wildman–Crippen LogP) is 3.87. The molecule has 1 amide bonds. The van der Waals surface area contributed by atoms with Crippen molar-refractivity contribution in [1.29, 1.82) is 0 Å². The maximum atomic E-state index is 11.9. The quantitative estimate of drug-likeness (QED) is 0.714. The van der Waals surface area contributed by atoms with E-state index in [0.29, 0.717) is 17.3 Å². The summed E-state index contributed by atoms with van der Waals surface area (Å²) in [5.41, 5.74) is 3.51. The van der Waals surface area contributed by atoms with Crippen LogP contribution in [-0.2, 0) is 11.2 Å². The van der Waals surface area contributed by atoms with Crippen LogP contribution in [0.3, 0.4) is 0 Å². The van der Waals surface area contributed by atoms with Crippen LogP contribution in [0.5, 0.6) is 5.75 Å². The number of hydrogen-bond donors (Lipinski definition) is 2. The number of benzene rings is 2. The largest absolute Gasteiger partial charge is 0.484 e. The second-order valence-electron chi connectivity index (χ2n) is 5.62. The van der Waals surface area contributed by atoms with Gasteiger partial charge in [-0.2, -0.15) is 0 Å². The molecule has 1 aromatic heterocycles. The van der Waals surface area contributed by atoms with Crippen LogP contribution in [0.2, 0.25) is 5.02 Å². The molecule has 2 N–H and O–H groups in total. The number of hydrogen-bond acceptors (Lipinski definition) is 2. The van der Waals surface area contributed by atoms with Gasteiger partial charge < -0.3 is 15.0 Å². The second-order valence-corrected chi connectivity index (χ2v) is 6.05. The van der Waals surface area contributed by atoms with Gasteiger partial charge in [0.25, 0.3) is 5.91 Å². The van der Waals surface area contributed by atoms with Crippen molar-refractivity contribution in [2.75, 3.05) is 13.2 Å². The third kappa shape index (κ3) is 3.89. The lowest BCUT2D eigenvalue weighted by Crippen LogP contribution is -2.30. The number of nitrogens with one attached hydrogen (secondary N) is 2. The number of aryl methyl sites for hydroxylation is 1. The highest BCUT2D eigenvalue weighted by atomic mass is 35.5. The van der Waals surface area contributed by atoms with Crippen LogP contribution in [0.4, 0.5) is 0 Å². The lowest BCUT2D eigenvalue weighted by atomic mass is 10.1. The number of aromatic nitrogens is 1. The molecule has 124 valence electrons. The molecule has 0 atom stereocenters. The van der Waals surface area contributed by atoms with Crippen LogP contribution < -0.4 is 10.1 Å². The summed E-state index contributed by atoms with van der Waals surface area (Å²) in [4.78, 5) is 15.3. The van der Waals surface area contributed by atoms with Gasteiger partial charge in [-0.1, -0.05) is 29.8 Å². The molecule has 0 aliphatic rings. The molecule has 0 aliphatic carbocycles. The molecule has 0 aliphatic heterocycles. The maximum Gasteiger partial charge on any atom is 0.257 e. The number of carbonyl (C=O) groups is 1. The van der Waals surface area contributed by atoms with Crippen LogP contribution in [0.15, 0.2) is 48.5 Å². The third-order valence-electron chi connectivity index (χ3n) is 3.91. The van der Waals surface area contributed by atoms with Gasteiger partial charge in [-0.15, -0.1) is 0 Å². The zero-order chi connectivity index (χ0) is 16.9. The first kappa shape index (κ1) is 16.4. The van der Waals surface area contributed by atoms with E-state index in [4.69, 9.17) is 16.3 Å². The Morgan fingerprint density at radius 1 is 1.17 bits per heavy atom. The topological polar surface area (TPSA) is 54.1 Å². The highest BCUT2D eigenvalue weighted by Gasteiger charge is 2.08. The monoisotopic (exact) mass is 342 g/mol. The van der Waals surface area contributed by atoms with Gasteiger partial charge >= 0.3 is 0 Å². The summed E-state index contributed by atoms with van der Waals surface area (Å²) in [6.07, 6.45) is 0.780. The van der Waals surface area contributed by atoms with Crippen molar-refractivity contribution in [3.05, 3.63) is 64.8 Å². The molecule has 0 spiro atoms. The first-order valence-electron chi connectivity index (χ1n) is 7.85. The Morgan fingerprint density at radius 2 is 1.92 bits per heavy atom. The molecule has 3 rings (SSSR count). The Balaban J connectivity index is 1.49. The minimum atomic E-state index is -0.137. The van der Waals surface area contributed by atoms with Gasteiger partial charge in [0.05, 0.1) is 0 Å². The third-order valence-corrected chi connectivity index (χ3v) is 4.16. The van der Waals surface area contributed by atoms with Crippen molar-refractivity contribution in [3.63, 3.8) is 0 Å². The molecule has 0 radical (unpaired) electrons. The van der Waals surface area contributed by atoms with E-state index in [-0.39, 0.29) is 12.5 Å². The van der Waals surface area contributed by atoms with E-state index in [1.165, 1.54) is 10.9 Å². The average Bonchev–Trinajstić information content (AvgIpc) is 2.90. The number of H-pyrrole nitrogens is 1. The zero-order valence-corrected chi connectivity index (χ0v) is 14.2. The standard InChI is InChI=1S/C19H19ClN2O2/c1-13-16(17-4-2-3-5-18(17)22-13)10-11-21-19(23)12-24-15-8-6-14(20)7-9-15/h2-9,22H,10-12H2,1H3,(H,21,23). The molecule has 0 unspecified atom stereocenters. The Bertz CT molecular complexity index is 840. The summed E-state index contributed by atoms with van der Waals surface area (Å²) in [7, 11) is 0. The average molecular weight is 343 g/mol. The Kier molecular flexibility index (Phi) is 5.06. The van der Waals surface area contributed by atoms with E-state index in [1.807, 2.05) is 12.1 Å². The van der Waals surface area contributed by atoms with Crippen LogP contribution in [-0.4, -0.2) is 24.0 Å². The van der Waals surface area contributed by atoms with Gasteiger partial charge in [0.2, 0.25) is 0 Å². The van der Waals surface area contributed by atoms with Gasteiger partial charge in [0, 0.05) is 28.2 Å². The molecule has 5 heteroatoms. The molecule has 3 aromatic rings. The first-order valence-corrected chi connectivity index (χ1v) is 8.22. The van der Waals surface area contributed by atoms with Crippen LogP contribution >= 0.6 is 11.6 Å². The van der Waals surface area contributed by atoms with E-state index < -0.39 is 0 Å². The van der Waals surface area contributed by atoms with Crippen molar-refractivity contribution < 1.29 is 9.53 Å². The summed E-state index contributed by atoms with van der Waals surface area (Å²) >= 11 is 5.81. The number of fused-ring (bicyclic) bond motifs is 1. The van der Waals surface area contributed by atoms with Crippen molar-refractivity contribution in [3.8, 4) is 5.75 Å². The molecule has 0 saturated heterocycles. The van der Waals surface area contributed by atoms with Crippen molar-refractivity contribution in [1.82, 2.24) is 10.3 Å². The van der Waals surface area contributed by atoms with Crippen molar-refractivity contribution in [2.24, 2.45) is 0 Å². The molecular formula is C19H19ClN2O2. The molecule has 0 fully saturated rings.